The number of hydrogen-bond acceptors (Lipinski definition) is 3. The van der Waals surface area contributed by atoms with E-state index in [0.29, 0.717) is 11.5 Å². The van der Waals surface area contributed by atoms with Gasteiger partial charge in [0.2, 0.25) is 5.91 Å². The van der Waals surface area contributed by atoms with Crippen LogP contribution in [0.2, 0.25) is 0 Å². The van der Waals surface area contributed by atoms with Crippen molar-refractivity contribution in [3.63, 3.8) is 0 Å². The number of aromatic hydroxyl groups is 1. The maximum absolute atomic E-state index is 11.9. The highest BCUT2D eigenvalue weighted by atomic mass is 16.5. The molecule has 98 valence electrons. The Morgan fingerprint density at radius 1 is 1.56 bits per heavy atom. The average Bonchev–Trinajstić information content (AvgIpc) is 2.85. The Balaban J connectivity index is 1.86. The van der Waals surface area contributed by atoms with Gasteiger partial charge in [0.05, 0.1) is 13.0 Å². The van der Waals surface area contributed by atoms with E-state index < -0.39 is 0 Å². The first-order valence-corrected chi connectivity index (χ1v) is 6.31. The first kappa shape index (κ1) is 12.9. The predicted molar refractivity (Wildman–Crippen MR) is 68.3 cm³/mol. The molecule has 1 heterocycles. The van der Waals surface area contributed by atoms with Gasteiger partial charge in [-0.3, -0.25) is 4.79 Å². The number of hydrogen-bond donors (Lipinski definition) is 2. The lowest BCUT2D eigenvalue weighted by Gasteiger charge is -2.19. The third-order valence-electron chi connectivity index (χ3n) is 3.40. The van der Waals surface area contributed by atoms with Crippen LogP contribution in [0.1, 0.15) is 18.9 Å². The minimum Gasteiger partial charge on any atom is -0.508 e. The first-order valence-electron chi connectivity index (χ1n) is 6.31. The van der Waals surface area contributed by atoms with E-state index in [1.54, 1.807) is 18.2 Å². The van der Waals surface area contributed by atoms with Gasteiger partial charge in [0.15, 0.2) is 0 Å². The maximum atomic E-state index is 11.9. The Bertz CT molecular complexity index is 413. The number of phenolic OH excluding ortho intramolecular Hbond substituents is 1. The fourth-order valence-electron chi connectivity index (χ4n) is 2.20. The van der Waals surface area contributed by atoms with Crippen molar-refractivity contribution in [2.75, 3.05) is 13.2 Å². The Morgan fingerprint density at radius 2 is 2.33 bits per heavy atom. The van der Waals surface area contributed by atoms with Crippen molar-refractivity contribution in [3.8, 4) is 5.75 Å². The molecule has 1 saturated heterocycles. The second-order valence-electron chi connectivity index (χ2n) is 4.79. The second kappa shape index (κ2) is 5.87. The molecule has 1 amide bonds. The minimum absolute atomic E-state index is 0.0594. The summed E-state index contributed by atoms with van der Waals surface area (Å²) in [7, 11) is 0. The van der Waals surface area contributed by atoms with Gasteiger partial charge in [0.1, 0.15) is 5.75 Å². The van der Waals surface area contributed by atoms with Crippen molar-refractivity contribution in [3.05, 3.63) is 29.8 Å². The maximum Gasteiger partial charge on any atom is 0.224 e. The van der Waals surface area contributed by atoms with Gasteiger partial charge in [-0.1, -0.05) is 18.2 Å². The standard InChI is InChI=1S/C14H19NO3/c1-10(12-6-7-18-9-12)15-14(17)8-11-4-2-3-5-13(11)16/h2-5,10,12,16H,6-9H2,1H3,(H,15,17). The van der Waals surface area contributed by atoms with Crippen molar-refractivity contribution in [1.29, 1.82) is 0 Å². The molecule has 18 heavy (non-hydrogen) atoms. The number of benzene rings is 1. The molecule has 4 nitrogen and oxygen atoms in total. The molecule has 1 aromatic carbocycles. The van der Waals surface area contributed by atoms with Crippen LogP contribution in [-0.2, 0) is 16.0 Å². The summed E-state index contributed by atoms with van der Waals surface area (Å²) in [6.45, 7) is 3.50. The van der Waals surface area contributed by atoms with Crippen LogP contribution in [0.25, 0.3) is 0 Å². The van der Waals surface area contributed by atoms with Crippen molar-refractivity contribution in [2.24, 2.45) is 5.92 Å². The van der Waals surface area contributed by atoms with Crippen molar-refractivity contribution in [2.45, 2.75) is 25.8 Å². The van der Waals surface area contributed by atoms with E-state index >= 15 is 0 Å². The molecule has 0 aliphatic carbocycles. The van der Waals surface area contributed by atoms with E-state index in [1.807, 2.05) is 13.0 Å². The largest absolute Gasteiger partial charge is 0.508 e. The third kappa shape index (κ3) is 3.23. The zero-order chi connectivity index (χ0) is 13.0. The number of nitrogens with one attached hydrogen (secondary N) is 1. The summed E-state index contributed by atoms with van der Waals surface area (Å²) in [4.78, 5) is 11.9. The Kier molecular flexibility index (Phi) is 4.20. The van der Waals surface area contributed by atoms with E-state index in [9.17, 15) is 9.90 Å². The van der Waals surface area contributed by atoms with E-state index in [-0.39, 0.29) is 24.1 Å². The molecular weight excluding hydrogens is 230 g/mol. The molecule has 1 aliphatic heterocycles. The summed E-state index contributed by atoms with van der Waals surface area (Å²) in [5, 5.41) is 12.6. The van der Waals surface area contributed by atoms with Crippen LogP contribution >= 0.6 is 0 Å². The van der Waals surface area contributed by atoms with Crippen LogP contribution in [0.4, 0.5) is 0 Å². The SMILES string of the molecule is CC(NC(=O)Cc1ccccc1O)C1CCOC1. The fraction of sp³-hybridized carbons (Fsp3) is 0.500. The molecule has 1 fully saturated rings. The predicted octanol–water partition coefficient (Wildman–Crippen LogP) is 1.48. The minimum atomic E-state index is -0.0594. The smallest absolute Gasteiger partial charge is 0.224 e. The first-order chi connectivity index (χ1) is 8.66. The fourth-order valence-corrected chi connectivity index (χ4v) is 2.20. The summed E-state index contributed by atoms with van der Waals surface area (Å²) in [6, 6.07) is 7.03. The van der Waals surface area contributed by atoms with Gasteiger partial charge < -0.3 is 15.2 Å². The van der Waals surface area contributed by atoms with E-state index in [2.05, 4.69) is 5.32 Å². The van der Waals surface area contributed by atoms with E-state index in [4.69, 9.17) is 4.74 Å². The second-order valence-corrected chi connectivity index (χ2v) is 4.79. The van der Waals surface area contributed by atoms with Crippen LogP contribution in [0.5, 0.6) is 5.75 Å². The van der Waals surface area contributed by atoms with Gasteiger partial charge in [-0.2, -0.15) is 0 Å². The van der Waals surface area contributed by atoms with Crippen molar-refractivity contribution >= 4 is 5.91 Å². The molecule has 2 atom stereocenters. The summed E-state index contributed by atoms with van der Waals surface area (Å²) in [6.07, 6.45) is 1.21. The molecule has 1 aliphatic rings. The molecule has 2 N–H and O–H groups in total. The highest BCUT2D eigenvalue weighted by Gasteiger charge is 2.23. The number of ether oxygens (including phenoxy) is 1. The van der Waals surface area contributed by atoms with Crippen molar-refractivity contribution < 1.29 is 14.6 Å². The molecule has 2 unspecified atom stereocenters. The van der Waals surface area contributed by atoms with Gasteiger partial charge in [-0.25, -0.2) is 0 Å². The lowest BCUT2D eigenvalue weighted by molar-refractivity contribution is -0.121. The van der Waals surface area contributed by atoms with Crippen LogP contribution in [0.15, 0.2) is 24.3 Å². The lowest BCUT2D eigenvalue weighted by Crippen LogP contribution is -2.39. The number of rotatable bonds is 4. The monoisotopic (exact) mass is 249 g/mol. The summed E-state index contributed by atoms with van der Waals surface area (Å²) < 4.78 is 5.31. The number of carbonyl (C=O) groups is 1. The molecule has 1 aromatic rings. The molecule has 0 spiro atoms. The van der Waals surface area contributed by atoms with Crippen molar-refractivity contribution in [1.82, 2.24) is 5.32 Å². The molecule has 4 heteroatoms. The van der Waals surface area contributed by atoms with Gasteiger partial charge in [-0.05, 0) is 19.4 Å². The Morgan fingerprint density at radius 3 is 3.00 bits per heavy atom. The van der Waals surface area contributed by atoms with Gasteiger partial charge in [0.25, 0.3) is 0 Å². The topological polar surface area (TPSA) is 58.6 Å². The number of amides is 1. The molecule has 0 bridgehead atoms. The third-order valence-corrected chi connectivity index (χ3v) is 3.40. The molecular formula is C14H19NO3. The quantitative estimate of drug-likeness (QED) is 0.849. The van der Waals surface area contributed by atoms with Crippen LogP contribution in [0, 0.1) is 5.92 Å². The highest BCUT2D eigenvalue weighted by molar-refractivity contribution is 5.79. The zero-order valence-corrected chi connectivity index (χ0v) is 10.6. The Labute approximate surface area is 107 Å². The zero-order valence-electron chi connectivity index (χ0n) is 10.6. The van der Waals surface area contributed by atoms with Crippen LogP contribution in [-0.4, -0.2) is 30.3 Å². The van der Waals surface area contributed by atoms with E-state index in [1.165, 1.54) is 0 Å². The lowest BCUT2D eigenvalue weighted by atomic mass is 10.0. The molecule has 0 aromatic heterocycles. The van der Waals surface area contributed by atoms with Gasteiger partial charge >= 0.3 is 0 Å². The van der Waals surface area contributed by atoms with Crippen LogP contribution < -0.4 is 5.32 Å². The van der Waals surface area contributed by atoms with E-state index in [0.717, 1.165) is 19.6 Å². The number of phenols is 1. The summed E-state index contributed by atoms with van der Waals surface area (Å²) in [5.74, 6) is 0.513. The normalized spacial score (nSPS) is 20.6. The van der Waals surface area contributed by atoms with Gasteiger partial charge in [-0.15, -0.1) is 0 Å². The average molecular weight is 249 g/mol. The number of para-hydroxylation sites is 1. The molecule has 2 rings (SSSR count). The summed E-state index contributed by atoms with van der Waals surface area (Å²) >= 11 is 0. The summed E-state index contributed by atoms with van der Waals surface area (Å²) in [5.41, 5.74) is 0.657. The Hall–Kier alpha value is -1.55. The van der Waals surface area contributed by atoms with Gasteiger partial charge in [0, 0.05) is 24.1 Å². The molecule has 0 saturated carbocycles. The van der Waals surface area contributed by atoms with Crippen LogP contribution in [0.3, 0.4) is 0 Å². The number of carbonyl (C=O) groups excluding carboxylic acids is 1. The highest BCUT2D eigenvalue weighted by Crippen LogP contribution is 2.18. The molecule has 0 radical (unpaired) electrons.